The molecule has 0 aliphatic rings. The fourth-order valence-corrected chi connectivity index (χ4v) is 2.94. The van der Waals surface area contributed by atoms with Crippen molar-refractivity contribution < 1.29 is 0 Å². The maximum absolute atomic E-state index is 4.10. The number of aromatic nitrogens is 2. The quantitative estimate of drug-likeness (QED) is 0.902. The molecule has 3 nitrogen and oxygen atoms in total. The molecule has 2 aromatic heterocycles. The molecule has 1 N–H and O–H groups in total. The largest absolute Gasteiger partial charge is 0.306 e. The maximum atomic E-state index is 4.10. The highest BCUT2D eigenvalue weighted by Crippen LogP contribution is 2.30. The molecular weight excluding hydrogens is 230 g/mol. The summed E-state index contributed by atoms with van der Waals surface area (Å²) in [4.78, 5) is 10.9. The van der Waals surface area contributed by atoms with Crippen LogP contribution in [0.15, 0.2) is 24.8 Å². The Morgan fingerprint density at radius 1 is 1.29 bits per heavy atom. The Balaban J connectivity index is 2.35. The highest BCUT2D eigenvalue weighted by atomic mass is 32.1. The zero-order chi connectivity index (χ0) is 12.3. The molecule has 1 atom stereocenters. The molecule has 0 saturated carbocycles. The lowest BCUT2D eigenvalue weighted by Gasteiger charge is -2.15. The number of nitrogens with zero attached hydrogens (tertiary/aromatic N) is 2. The molecule has 0 radical (unpaired) electrons. The summed E-state index contributed by atoms with van der Waals surface area (Å²) < 4.78 is 0. The van der Waals surface area contributed by atoms with Crippen molar-refractivity contribution in [3.8, 4) is 0 Å². The SMILES string of the molecule is CCNC(c1cncnc1)c1cc(C)c(C)s1. The monoisotopic (exact) mass is 247 g/mol. The molecule has 0 amide bonds. The van der Waals surface area contributed by atoms with Gasteiger partial charge in [0.15, 0.2) is 0 Å². The van der Waals surface area contributed by atoms with Crippen molar-refractivity contribution in [2.24, 2.45) is 0 Å². The summed E-state index contributed by atoms with van der Waals surface area (Å²) in [6, 6.07) is 2.46. The Morgan fingerprint density at radius 3 is 2.53 bits per heavy atom. The molecule has 0 fully saturated rings. The summed E-state index contributed by atoms with van der Waals surface area (Å²) in [5.74, 6) is 0. The third-order valence-electron chi connectivity index (χ3n) is 2.79. The number of thiophene rings is 1. The van der Waals surface area contributed by atoms with Crippen molar-refractivity contribution in [3.63, 3.8) is 0 Å². The number of aryl methyl sites for hydroxylation is 2. The highest BCUT2D eigenvalue weighted by molar-refractivity contribution is 7.12. The first-order chi connectivity index (χ1) is 8.22. The first-order valence-corrected chi connectivity index (χ1v) is 6.59. The molecule has 0 saturated heterocycles. The Morgan fingerprint density at radius 2 is 2.00 bits per heavy atom. The molecule has 0 aliphatic heterocycles. The molecule has 90 valence electrons. The van der Waals surface area contributed by atoms with Crippen LogP contribution in [0.4, 0.5) is 0 Å². The Kier molecular flexibility index (Phi) is 3.86. The first kappa shape index (κ1) is 12.2. The van der Waals surface area contributed by atoms with E-state index in [0.29, 0.717) is 0 Å². The average Bonchev–Trinajstić information content (AvgIpc) is 2.67. The number of rotatable bonds is 4. The second-order valence-corrected chi connectivity index (χ2v) is 5.34. The number of nitrogens with one attached hydrogen (secondary N) is 1. The summed E-state index contributed by atoms with van der Waals surface area (Å²) in [5, 5.41) is 3.49. The van der Waals surface area contributed by atoms with Gasteiger partial charge in [-0.3, -0.25) is 0 Å². The summed E-state index contributed by atoms with van der Waals surface area (Å²) in [6.45, 7) is 7.35. The van der Waals surface area contributed by atoms with E-state index in [1.54, 1.807) is 6.33 Å². The van der Waals surface area contributed by atoms with E-state index in [9.17, 15) is 0 Å². The van der Waals surface area contributed by atoms with Crippen LogP contribution in [0.25, 0.3) is 0 Å². The van der Waals surface area contributed by atoms with Crippen molar-refractivity contribution in [1.29, 1.82) is 0 Å². The molecule has 0 aliphatic carbocycles. The van der Waals surface area contributed by atoms with E-state index < -0.39 is 0 Å². The van der Waals surface area contributed by atoms with Gasteiger partial charge in [-0.15, -0.1) is 11.3 Å². The van der Waals surface area contributed by atoms with E-state index in [1.807, 2.05) is 23.7 Å². The summed E-state index contributed by atoms with van der Waals surface area (Å²) in [6.07, 6.45) is 5.33. The Labute approximate surface area is 106 Å². The summed E-state index contributed by atoms with van der Waals surface area (Å²) >= 11 is 1.84. The van der Waals surface area contributed by atoms with Crippen molar-refractivity contribution >= 4 is 11.3 Å². The van der Waals surface area contributed by atoms with Crippen molar-refractivity contribution in [2.75, 3.05) is 6.54 Å². The lowest BCUT2D eigenvalue weighted by Crippen LogP contribution is -2.21. The van der Waals surface area contributed by atoms with E-state index in [1.165, 1.54) is 15.3 Å². The molecule has 2 rings (SSSR count). The van der Waals surface area contributed by atoms with Crippen LogP contribution in [-0.4, -0.2) is 16.5 Å². The second-order valence-electron chi connectivity index (χ2n) is 4.05. The summed E-state index contributed by atoms with van der Waals surface area (Å²) in [7, 11) is 0. The highest BCUT2D eigenvalue weighted by Gasteiger charge is 2.16. The van der Waals surface area contributed by atoms with Crippen LogP contribution >= 0.6 is 11.3 Å². The van der Waals surface area contributed by atoms with Gasteiger partial charge in [-0.25, -0.2) is 9.97 Å². The van der Waals surface area contributed by atoms with E-state index in [4.69, 9.17) is 0 Å². The number of hydrogen-bond acceptors (Lipinski definition) is 4. The van der Waals surface area contributed by atoms with Gasteiger partial charge in [0.05, 0.1) is 6.04 Å². The molecule has 4 heteroatoms. The van der Waals surface area contributed by atoms with Crippen LogP contribution in [-0.2, 0) is 0 Å². The molecule has 0 aromatic carbocycles. The smallest absolute Gasteiger partial charge is 0.115 e. The maximum Gasteiger partial charge on any atom is 0.115 e. The van der Waals surface area contributed by atoms with E-state index in [2.05, 4.69) is 42.1 Å². The van der Waals surface area contributed by atoms with E-state index in [0.717, 1.165) is 12.1 Å². The molecule has 1 unspecified atom stereocenters. The minimum absolute atomic E-state index is 0.207. The molecule has 2 aromatic rings. The van der Waals surface area contributed by atoms with Gasteiger partial charge in [0.25, 0.3) is 0 Å². The number of hydrogen-bond donors (Lipinski definition) is 1. The van der Waals surface area contributed by atoms with Gasteiger partial charge in [0.1, 0.15) is 6.33 Å². The minimum atomic E-state index is 0.207. The fraction of sp³-hybridized carbons (Fsp3) is 0.385. The van der Waals surface area contributed by atoms with Gasteiger partial charge in [-0.2, -0.15) is 0 Å². The van der Waals surface area contributed by atoms with Crippen LogP contribution in [0.2, 0.25) is 0 Å². The Hall–Kier alpha value is -1.26. The second kappa shape index (κ2) is 5.38. The van der Waals surface area contributed by atoms with Crippen LogP contribution in [0.1, 0.15) is 33.8 Å². The van der Waals surface area contributed by atoms with Crippen LogP contribution in [0.3, 0.4) is 0 Å². The van der Waals surface area contributed by atoms with Crippen LogP contribution in [0.5, 0.6) is 0 Å². The molecule has 17 heavy (non-hydrogen) atoms. The normalized spacial score (nSPS) is 12.6. The lowest BCUT2D eigenvalue weighted by atomic mass is 10.1. The fourth-order valence-electron chi connectivity index (χ4n) is 1.79. The molecule has 2 heterocycles. The van der Waals surface area contributed by atoms with Crippen molar-refractivity contribution in [1.82, 2.24) is 15.3 Å². The van der Waals surface area contributed by atoms with Gasteiger partial charge in [-0.05, 0) is 32.0 Å². The van der Waals surface area contributed by atoms with Crippen molar-refractivity contribution in [3.05, 3.63) is 45.7 Å². The third kappa shape index (κ3) is 2.70. The van der Waals surface area contributed by atoms with E-state index >= 15 is 0 Å². The van der Waals surface area contributed by atoms with E-state index in [-0.39, 0.29) is 6.04 Å². The lowest BCUT2D eigenvalue weighted by molar-refractivity contribution is 0.634. The zero-order valence-electron chi connectivity index (χ0n) is 10.4. The standard InChI is InChI=1S/C13H17N3S/c1-4-16-13(11-6-14-8-15-7-11)12-5-9(2)10(3)17-12/h5-8,13,16H,4H2,1-3H3. The minimum Gasteiger partial charge on any atom is -0.306 e. The molecular formula is C13H17N3S. The van der Waals surface area contributed by atoms with Crippen LogP contribution < -0.4 is 5.32 Å². The average molecular weight is 247 g/mol. The topological polar surface area (TPSA) is 37.8 Å². The Bertz CT molecular complexity index is 459. The van der Waals surface area contributed by atoms with Gasteiger partial charge in [-0.1, -0.05) is 6.92 Å². The van der Waals surface area contributed by atoms with Gasteiger partial charge in [0.2, 0.25) is 0 Å². The molecule has 0 spiro atoms. The zero-order valence-corrected chi connectivity index (χ0v) is 11.2. The third-order valence-corrected chi connectivity index (χ3v) is 4.01. The van der Waals surface area contributed by atoms with Crippen molar-refractivity contribution in [2.45, 2.75) is 26.8 Å². The predicted molar refractivity (Wildman–Crippen MR) is 71.3 cm³/mol. The molecule has 0 bridgehead atoms. The van der Waals surface area contributed by atoms with Crippen LogP contribution in [0, 0.1) is 13.8 Å². The van der Waals surface area contributed by atoms with Gasteiger partial charge >= 0.3 is 0 Å². The predicted octanol–water partition coefficient (Wildman–Crippen LogP) is 2.85. The summed E-state index contributed by atoms with van der Waals surface area (Å²) in [5.41, 5.74) is 2.47. The van der Waals surface area contributed by atoms with Gasteiger partial charge in [0, 0.05) is 27.7 Å². The van der Waals surface area contributed by atoms with Gasteiger partial charge < -0.3 is 5.32 Å². The first-order valence-electron chi connectivity index (χ1n) is 5.77.